The summed E-state index contributed by atoms with van der Waals surface area (Å²) in [6, 6.07) is 1.18. The molecule has 0 saturated heterocycles. The first kappa shape index (κ1) is 16.3. The van der Waals surface area contributed by atoms with Gasteiger partial charge in [-0.15, -0.1) is 11.3 Å². The minimum absolute atomic E-state index is 0.157. The monoisotopic (exact) mass is 316 g/mol. The molecule has 4 nitrogen and oxygen atoms in total. The Labute approximate surface area is 114 Å². The average molecular weight is 316 g/mol. The van der Waals surface area contributed by atoms with Crippen LogP contribution in [0, 0.1) is 0 Å². The van der Waals surface area contributed by atoms with E-state index in [1.54, 1.807) is 6.92 Å². The van der Waals surface area contributed by atoms with Crippen LogP contribution in [0.3, 0.4) is 0 Å². The van der Waals surface area contributed by atoms with Gasteiger partial charge in [0.05, 0.1) is 0 Å². The molecule has 1 heterocycles. The zero-order chi connectivity index (χ0) is 14.7. The van der Waals surface area contributed by atoms with E-state index in [4.69, 9.17) is 5.73 Å². The van der Waals surface area contributed by atoms with E-state index < -0.39 is 22.7 Å². The third-order valence-corrected chi connectivity index (χ3v) is 5.59. The molecule has 0 radical (unpaired) electrons. The second kappa shape index (κ2) is 6.10. The summed E-state index contributed by atoms with van der Waals surface area (Å²) in [6.45, 7) is 0.144. The van der Waals surface area contributed by atoms with Crippen molar-refractivity contribution >= 4 is 27.0 Å². The normalized spacial score (nSPS) is 13.1. The molecule has 0 atom stereocenters. The SMILES string of the molecule is CCCCN(CC(F)(F)F)S(=O)(=O)c1cc(N)cs1. The van der Waals surface area contributed by atoms with Gasteiger partial charge in [-0.1, -0.05) is 13.3 Å². The van der Waals surface area contributed by atoms with Gasteiger partial charge < -0.3 is 5.73 Å². The highest BCUT2D eigenvalue weighted by Gasteiger charge is 2.37. The summed E-state index contributed by atoms with van der Waals surface area (Å²) >= 11 is 0.822. The zero-order valence-corrected chi connectivity index (χ0v) is 11.9. The molecule has 19 heavy (non-hydrogen) atoms. The Bertz CT molecular complexity index is 511. The van der Waals surface area contributed by atoms with Crippen molar-refractivity contribution in [1.82, 2.24) is 4.31 Å². The zero-order valence-electron chi connectivity index (χ0n) is 10.3. The molecule has 0 spiro atoms. The van der Waals surface area contributed by atoms with Crippen LogP contribution in [-0.4, -0.2) is 32.0 Å². The fourth-order valence-corrected chi connectivity index (χ4v) is 4.11. The number of unbranched alkanes of at least 4 members (excludes halogenated alkanes) is 1. The molecule has 0 amide bonds. The van der Waals surface area contributed by atoms with Gasteiger partial charge in [0.1, 0.15) is 10.8 Å². The third kappa shape index (κ3) is 4.66. The maximum atomic E-state index is 12.5. The molecule has 0 aliphatic carbocycles. The highest BCUT2D eigenvalue weighted by Crippen LogP contribution is 2.28. The Morgan fingerprint density at radius 1 is 1.42 bits per heavy atom. The number of hydrogen-bond donors (Lipinski definition) is 1. The van der Waals surface area contributed by atoms with Crippen LogP contribution in [0.1, 0.15) is 19.8 Å². The van der Waals surface area contributed by atoms with Gasteiger partial charge in [-0.05, 0) is 12.5 Å². The van der Waals surface area contributed by atoms with Crippen LogP contribution in [0.15, 0.2) is 15.7 Å². The van der Waals surface area contributed by atoms with Crippen molar-refractivity contribution in [3.8, 4) is 0 Å². The second-order valence-corrected chi connectivity index (χ2v) is 7.08. The number of rotatable bonds is 6. The summed E-state index contributed by atoms with van der Waals surface area (Å²) in [5, 5.41) is 1.39. The Morgan fingerprint density at radius 2 is 2.05 bits per heavy atom. The molecule has 1 rings (SSSR count). The van der Waals surface area contributed by atoms with Gasteiger partial charge in [-0.2, -0.15) is 17.5 Å². The number of nitrogens with zero attached hydrogens (tertiary/aromatic N) is 1. The molecule has 0 aliphatic rings. The van der Waals surface area contributed by atoms with E-state index in [-0.39, 0.29) is 16.4 Å². The highest BCUT2D eigenvalue weighted by molar-refractivity contribution is 7.91. The number of halogens is 3. The van der Waals surface area contributed by atoms with Crippen molar-refractivity contribution in [2.45, 2.75) is 30.2 Å². The molecule has 1 aromatic rings. The smallest absolute Gasteiger partial charge is 0.398 e. The van der Waals surface area contributed by atoms with Gasteiger partial charge in [-0.3, -0.25) is 0 Å². The molecule has 9 heteroatoms. The van der Waals surface area contributed by atoms with E-state index in [1.165, 1.54) is 11.4 Å². The first-order valence-corrected chi connectivity index (χ1v) is 7.89. The molecule has 1 aromatic heterocycles. The molecule has 0 aromatic carbocycles. The van der Waals surface area contributed by atoms with Crippen LogP contribution in [-0.2, 0) is 10.0 Å². The molecule has 2 N–H and O–H groups in total. The van der Waals surface area contributed by atoms with Crippen LogP contribution in [0.5, 0.6) is 0 Å². The summed E-state index contributed by atoms with van der Waals surface area (Å²) in [6.07, 6.45) is -3.59. The number of anilines is 1. The standard InChI is InChI=1S/C10H15F3N2O2S2/c1-2-3-4-15(7-10(11,12)13)19(16,17)9-5-8(14)6-18-9/h5-6H,2-4,7,14H2,1H3. The van der Waals surface area contributed by atoms with Gasteiger partial charge in [0.2, 0.25) is 0 Å². The number of sulfonamides is 1. The Balaban J connectivity index is 3.01. The Morgan fingerprint density at radius 3 is 2.47 bits per heavy atom. The van der Waals surface area contributed by atoms with Gasteiger partial charge >= 0.3 is 6.18 Å². The van der Waals surface area contributed by atoms with E-state index in [0.29, 0.717) is 17.1 Å². The largest absolute Gasteiger partial charge is 0.402 e. The van der Waals surface area contributed by atoms with Crippen LogP contribution in [0.25, 0.3) is 0 Å². The number of alkyl halides is 3. The summed E-state index contributed by atoms with van der Waals surface area (Å²) in [5.41, 5.74) is 5.64. The molecule has 0 unspecified atom stereocenters. The molecule has 0 aliphatic heterocycles. The number of nitrogen functional groups attached to an aromatic ring is 1. The molecular weight excluding hydrogens is 301 g/mol. The van der Waals surface area contributed by atoms with Crippen molar-refractivity contribution < 1.29 is 21.6 Å². The first-order valence-electron chi connectivity index (χ1n) is 5.57. The van der Waals surface area contributed by atoms with Gasteiger partial charge in [-0.25, -0.2) is 8.42 Å². The van der Waals surface area contributed by atoms with Crippen molar-refractivity contribution in [3.05, 3.63) is 11.4 Å². The minimum atomic E-state index is -4.57. The number of nitrogens with two attached hydrogens (primary N) is 1. The number of thiophene rings is 1. The molecule has 0 saturated carbocycles. The Hall–Kier alpha value is -0.800. The summed E-state index contributed by atoms with van der Waals surface area (Å²) in [4.78, 5) is 0. The van der Waals surface area contributed by atoms with E-state index in [2.05, 4.69) is 0 Å². The van der Waals surface area contributed by atoms with Crippen molar-refractivity contribution in [3.63, 3.8) is 0 Å². The van der Waals surface area contributed by atoms with E-state index in [1.807, 2.05) is 0 Å². The van der Waals surface area contributed by atoms with Gasteiger partial charge in [0, 0.05) is 17.6 Å². The van der Waals surface area contributed by atoms with E-state index in [9.17, 15) is 21.6 Å². The third-order valence-electron chi connectivity index (χ3n) is 2.31. The topological polar surface area (TPSA) is 63.4 Å². The average Bonchev–Trinajstić information content (AvgIpc) is 2.70. The molecular formula is C10H15F3N2O2S2. The first-order chi connectivity index (χ1) is 8.66. The maximum Gasteiger partial charge on any atom is 0.402 e. The Kier molecular flexibility index (Phi) is 5.22. The summed E-state index contributed by atoms with van der Waals surface area (Å²) in [5.74, 6) is 0. The van der Waals surface area contributed by atoms with E-state index >= 15 is 0 Å². The van der Waals surface area contributed by atoms with Gasteiger partial charge in [0.25, 0.3) is 10.0 Å². The number of hydrogen-bond acceptors (Lipinski definition) is 4. The minimum Gasteiger partial charge on any atom is -0.398 e. The molecule has 0 fully saturated rings. The van der Waals surface area contributed by atoms with Crippen LogP contribution >= 0.6 is 11.3 Å². The lowest BCUT2D eigenvalue weighted by molar-refractivity contribution is -0.136. The lowest BCUT2D eigenvalue weighted by Crippen LogP contribution is -2.39. The fourth-order valence-electron chi connectivity index (χ4n) is 1.41. The second-order valence-electron chi connectivity index (χ2n) is 4.01. The summed E-state index contributed by atoms with van der Waals surface area (Å²) < 4.78 is 61.9. The van der Waals surface area contributed by atoms with Crippen LogP contribution in [0.4, 0.5) is 18.9 Å². The summed E-state index contributed by atoms with van der Waals surface area (Å²) in [7, 11) is -4.13. The van der Waals surface area contributed by atoms with Crippen LogP contribution in [0.2, 0.25) is 0 Å². The predicted molar refractivity (Wildman–Crippen MR) is 68.5 cm³/mol. The molecule has 0 bridgehead atoms. The molecule has 110 valence electrons. The van der Waals surface area contributed by atoms with Gasteiger partial charge in [0.15, 0.2) is 0 Å². The van der Waals surface area contributed by atoms with Crippen LogP contribution < -0.4 is 5.73 Å². The lowest BCUT2D eigenvalue weighted by atomic mass is 10.3. The quantitative estimate of drug-likeness (QED) is 0.877. The fraction of sp³-hybridized carbons (Fsp3) is 0.600. The van der Waals surface area contributed by atoms with Crippen molar-refractivity contribution in [2.24, 2.45) is 0 Å². The van der Waals surface area contributed by atoms with E-state index in [0.717, 1.165) is 11.3 Å². The van der Waals surface area contributed by atoms with Crippen molar-refractivity contribution in [2.75, 3.05) is 18.8 Å². The lowest BCUT2D eigenvalue weighted by Gasteiger charge is -2.22. The van der Waals surface area contributed by atoms with Crippen molar-refractivity contribution in [1.29, 1.82) is 0 Å². The maximum absolute atomic E-state index is 12.5. The predicted octanol–water partition coefficient (Wildman–Crippen LogP) is 2.68. The highest BCUT2D eigenvalue weighted by atomic mass is 32.2.